The highest BCUT2D eigenvalue weighted by molar-refractivity contribution is 6.30. The number of rotatable bonds is 3. The topological polar surface area (TPSA) is 70.6 Å². The molecule has 1 aromatic carbocycles. The highest BCUT2D eigenvalue weighted by atomic mass is 35.5. The van der Waals surface area contributed by atoms with Gasteiger partial charge in [0.25, 0.3) is 0 Å². The van der Waals surface area contributed by atoms with E-state index in [1.54, 1.807) is 25.3 Å². The van der Waals surface area contributed by atoms with E-state index in [-0.39, 0.29) is 12.0 Å². The lowest BCUT2D eigenvalue weighted by molar-refractivity contribution is -0.139. The van der Waals surface area contributed by atoms with Gasteiger partial charge in [-0.25, -0.2) is 5.43 Å². The van der Waals surface area contributed by atoms with Gasteiger partial charge in [0.2, 0.25) is 0 Å². The van der Waals surface area contributed by atoms with E-state index < -0.39 is 12.0 Å². The van der Waals surface area contributed by atoms with Crippen LogP contribution in [0.3, 0.4) is 0 Å². The van der Waals surface area contributed by atoms with E-state index in [1.165, 1.54) is 0 Å². The number of hydrogen-bond acceptors (Lipinski definition) is 4. The van der Waals surface area contributed by atoms with Crippen LogP contribution in [-0.2, 0) is 4.79 Å². The molecule has 1 saturated heterocycles. The smallest absolute Gasteiger partial charge is 0.322 e. The molecule has 1 aliphatic heterocycles. The van der Waals surface area contributed by atoms with Crippen LogP contribution in [0.25, 0.3) is 0 Å². The van der Waals surface area contributed by atoms with Crippen molar-refractivity contribution in [1.29, 1.82) is 0 Å². The van der Waals surface area contributed by atoms with Crippen molar-refractivity contribution < 1.29 is 14.6 Å². The average molecular weight is 271 g/mol. The Morgan fingerprint density at radius 3 is 2.78 bits per heavy atom. The number of ether oxygens (including phenoxy) is 1. The third kappa shape index (κ3) is 2.29. The summed E-state index contributed by atoms with van der Waals surface area (Å²) in [5.74, 6) is -0.497. The van der Waals surface area contributed by atoms with Crippen molar-refractivity contribution >= 4 is 17.6 Å². The van der Waals surface area contributed by atoms with Gasteiger partial charge in [-0.2, -0.15) is 0 Å². The van der Waals surface area contributed by atoms with Crippen LogP contribution in [0.2, 0.25) is 5.02 Å². The zero-order chi connectivity index (χ0) is 13.3. The maximum absolute atomic E-state index is 11.2. The molecule has 0 radical (unpaired) electrons. The molecule has 0 saturated carbocycles. The number of hydrazine groups is 1. The summed E-state index contributed by atoms with van der Waals surface area (Å²) in [7, 11) is 1.56. The van der Waals surface area contributed by atoms with Gasteiger partial charge >= 0.3 is 5.97 Å². The molecule has 0 amide bonds. The van der Waals surface area contributed by atoms with Crippen molar-refractivity contribution in [1.82, 2.24) is 10.9 Å². The van der Waals surface area contributed by atoms with Gasteiger partial charge < -0.3 is 9.84 Å². The molecular formula is C12H15ClN2O3. The van der Waals surface area contributed by atoms with Crippen LogP contribution in [0.4, 0.5) is 0 Å². The minimum atomic E-state index is -0.904. The molecule has 3 atom stereocenters. The van der Waals surface area contributed by atoms with Crippen LogP contribution in [0.5, 0.6) is 5.75 Å². The molecule has 3 N–H and O–H groups in total. The van der Waals surface area contributed by atoms with Crippen LogP contribution in [0.1, 0.15) is 18.4 Å². The number of halogens is 1. The van der Waals surface area contributed by atoms with Crippen molar-refractivity contribution in [3.8, 4) is 5.75 Å². The van der Waals surface area contributed by atoms with Crippen LogP contribution in [-0.4, -0.2) is 30.3 Å². The maximum atomic E-state index is 11.2. The van der Waals surface area contributed by atoms with E-state index >= 15 is 0 Å². The molecule has 0 spiro atoms. The lowest BCUT2D eigenvalue weighted by Gasteiger charge is -2.21. The minimum absolute atomic E-state index is 0.0292. The summed E-state index contributed by atoms with van der Waals surface area (Å²) in [5, 5.41) is 9.78. The molecule has 98 valence electrons. The molecule has 1 heterocycles. The lowest BCUT2D eigenvalue weighted by Crippen LogP contribution is -2.38. The largest absolute Gasteiger partial charge is 0.496 e. The Morgan fingerprint density at radius 2 is 2.17 bits per heavy atom. The normalized spacial score (nSPS) is 27.2. The third-order valence-electron chi connectivity index (χ3n) is 3.18. The fraction of sp³-hybridized carbons (Fsp3) is 0.417. The number of carboxylic acids is 1. The third-order valence-corrected chi connectivity index (χ3v) is 3.42. The average Bonchev–Trinajstić information content (AvgIpc) is 2.71. The van der Waals surface area contributed by atoms with Gasteiger partial charge in [0.15, 0.2) is 0 Å². The second-order valence-corrected chi connectivity index (χ2v) is 4.74. The van der Waals surface area contributed by atoms with Crippen LogP contribution in [0.15, 0.2) is 18.2 Å². The number of carbonyl (C=O) groups is 1. The number of aliphatic carboxylic acids is 1. The molecule has 0 bridgehead atoms. The van der Waals surface area contributed by atoms with Gasteiger partial charge in [-0.1, -0.05) is 11.6 Å². The summed E-state index contributed by atoms with van der Waals surface area (Å²) in [5.41, 5.74) is 6.51. The molecular weight excluding hydrogens is 256 g/mol. The van der Waals surface area contributed by atoms with E-state index in [4.69, 9.17) is 16.3 Å². The molecule has 0 aliphatic carbocycles. The van der Waals surface area contributed by atoms with Gasteiger partial charge in [-0.3, -0.25) is 10.2 Å². The van der Waals surface area contributed by atoms with Gasteiger partial charge in [0, 0.05) is 22.5 Å². The summed E-state index contributed by atoms with van der Waals surface area (Å²) in [4.78, 5) is 11.2. The molecule has 6 heteroatoms. The van der Waals surface area contributed by atoms with Crippen LogP contribution < -0.4 is 15.6 Å². The van der Waals surface area contributed by atoms with Crippen molar-refractivity contribution in [2.24, 2.45) is 0 Å². The zero-order valence-corrected chi connectivity index (χ0v) is 10.9. The fourth-order valence-electron chi connectivity index (χ4n) is 2.32. The molecule has 1 fully saturated rings. The van der Waals surface area contributed by atoms with Crippen molar-refractivity contribution in [2.45, 2.75) is 24.9 Å². The number of methoxy groups -OCH3 is 1. The predicted molar refractivity (Wildman–Crippen MR) is 67.9 cm³/mol. The standard InChI is InChI=1S/C12H15ClN2O3/c1-6-10(11(12(16)17)15-14-6)8-5-7(13)3-4-9(8)18-2/h3-6,10-11,14-15H,1-2H3,(H,16,17). The summed E-state index contributed by atoms with van der Waals surface area (Å²) >= 11 is 5.98. The Labute approximate surface area is 110 Å². The van der Waals surface area contributed by atoms with E-state index in [9.17, 15) is 9.90 Å². The first-order valence-electron chi connectivity index (χ1n) is 5.62. The Morgan fingerprint density at radius 1 is 1.44 bits per heavy atom. The van der Waals surface area contributed by atoms with E-state index in [1.807, 2.05) is 6.92 Å². The Bertz CT molecular complexity index is 467. The zero-order valence-electron chi connectivity index (χ0n) is 10.1. The fourth-order valence-corrected chi connectivity index (χ4v) is 2.50. The molecule has 0 aromatic heterocycles. The second kappa shape index (κ2) is 5.14. The molecule has 3 unspecified atom stereocenters. The quantitative estimate of drug-likeness (QED) is 0.774. The molecule has 2 rings (SSSR count). The maximum Gasteiger partial charge on any atom is 0.322 e. The van der Waals surface area contributed by atoms with Crippen molar-refractivity contribution in [3.63, 3.8) is 0 Å². The first-order valence-corrected chi connectivity index (χ1v) is 5.99. The highest BCUT2D eigenvalue weighted by Crippen LogP contribution is 2.35. The highest BCUT2D eigenvalue weighted by Gasteiger charge is 2.40. The monoisotopic (exact) mass is 270 g/mol. The minimum Gasteiger partial charge on any atom is -0.496 e. The number of benzene rings is 1. The van der Waals surface area contributed by atoms with Gasteiger partial charge in [0.05, 0.1) is 7.11 Å². The summed E-state index contributed by atoms with van der Waals surface area (Å²) < 4.78 is 5.28. The van der Waals surface area contributed by atoms with Gasteiger partial charge in [-0.15, -0.1) is 0 Å². The molecule has 1 aromatic rings. The first kappa shape index (κ1) is 13.1. The molecule has 18 heavy (non-hydrogen) atoms. The van der Waals surface area contributed by atoms with Crippen molar-refractivity contribution in [3.05, 3.63) is 28.8 Å². The Balaban J connectivity index is 2.45. The summed E-state index contributed by atoms with van der Waals surface area (Å²) in [6.07, 6.45) is 0. The van der Waals surface area contributed by atoms with Crippen LogP contribution in [0, 0.1) is 0 Å². The lowest BCUT2D eigenvalue weighted by atomic mass is 9.87. The number of nitrogens with one attached hydrogen (secondary N) is 2. The number of hydrogen-bond donors (Lipinski definition) is 3. The van der Waals surface area contributed by atoms with E-state index in [0.29, 0.717) is 10.8 Å². The number of carboxylic acid groups (broad SMARTS) is 1. The Kier molecular flexibility index (Phi) is 3.75. The van der Waals surface area contributed by atoms with Crippen LogP contribution >= 0.6 is 11.6 Å². The molecule has 5 nitrogen and oxygen atoms in total. The van der Waals surface area contributed by atoms with E-state index in [0.717, 1.165) is 5.56 Å². The second-order valence-electron chi connectivity index (χ2n) is 4.31. The summed E-state index contributed by atoms with van der Waals surface area (Å²) in [6, 6.07) is 4.50. The van der Waals surface area contributed by atoms with Crippen molar-refractivity contribution in [2.75, 3.05) is 7.11 Å². The Hall–Kier alpha value is -1.30. The predicted octanol–water partition coefficient (Wildman–Crippen LogP) is 1.38. The van der Waals surface area contributed by atoms with Gasteiger partial charge in [-0.05, 0) is 25.1 Å². The van der Waals surface area contributed by atoms with Gasteiger partial charge in [0.1, 0.15) is 11.8 Å². The molecule has 1 aliphatic rings. The summed E-state index contributed by atoms with van der Waals surface area (Å²) in [6.45, 7) is 1.92. The van der Waals surface area contributed by atoms with E-state index in [2.05, 4.69) is 10.9 Å². The SMILES string of the molecule is COc1ccc(Cl)cc1C1C(C)NNC1C(=O)O. The first-order chi connectivity index (χ1) is 8.54.